The van der Waals surface area contributed by atoms with Crippen molar-refractivity contribution >= 4 is 23.9 Å². The van der Waals surface area contributed by atoms with Gasteiger partial charge in [0.1, 0.15) is 0 Å². The van der Waals surface area contributed by atoms with Crippen LogP contribution in [0.5, 0.6) is 0 Å². The van der Waals surface area contributed by atoms with Gasteiger partial charge in [0.15, 0.2) is 0 Å². The van der Waals surface area contributed by atoms with Crippen LogP contribution in [0.25, 0.3) is 0 Å². The Morgan fingerprint density at radius 1 is 0.700 bits per heavy atom. The average Bonchev–Trinajstić information content (AvgIpc) is 2.01. The molecule has 0 aromatic heterocycles. The first-order chi connectivity index (χ1) is 7.93. The molecule has 0 bridgehead atoms. The maximum Gasteiger partial charge on any atom is 1.00 e. The largest absolute Gasteiger partial charge is 1.00 e. The zero-order valence-electron chi connectivity index (χ0n) is 12.8. The minimum atomic E-state index is -1.08. The molecule has 0 fully saturated rings. The Morgan fingerprint density at radius 3 is 0.700 bits per heavy atom. The van der Waals surface area contributed by atoms with E-state index < -0.39 is 23.9 Å². The second-order valence-electron chi connectivity index (χ2n) is 2.02. The molecule has 0 rings (SSSR count). The fourth-order valence-corrected chi connectivity index (χ4v) is 0. The van der Waals surface area contributed by atoms with E-state index >= 15 is 0 Å². The summed E-state index contributed by atoms with van der Waals surface area (Å²) < 4.78 is 0. The molecule has 0 aromatic rings. The monoisotopic (exact) mass is 312 g/mol. The van der Waals surface area contributed by atoms with E-state index in [1.54, 1.807) is 0 Å². The molecule has 2 N–H and O–H groups in total. The van der Waals surface area contributed by atoms with Crippen LogP contribution in [0.15, 0.2) is 13.2 Å². The van der Waals surface area contributed by atoms with E-state index in [0.29, 0.717) is 0 Å². The van der Waals surface area contributed by atoms with Crippen molar-refractivity contribution in [2.45, 2.75) is 27.7 Å². The Balaban J connectivity index is -0.0000000209. The van der Waals surface area contributed by atoms with Gasteiger partial charge in [0.25, 0.3) is 11.9 Å². The maximum atomic E-state index is 9.00. The minimum Gasteiger partial charge on any atom is -0.550 e. The van der Waals surface area contributed by atoms with E-state index in [1.807, 2.05) is 0 Å². The predicted molar refractivity (Wildman–Crippen MR) is 59.2 cm³/mol. The molecule has 0 heterocycles. The van der Waals surface area contributed by atoms with Gasteiger partial charge in [-0.25, -0.2) is 0 Å². The molecule has 0 radical (unpaired) electrons. The zero-order valence-corrected chi connectivity index (χ0v) is 16.8. The first kappa shape index (κ1) is 42.7. The summed E-state index contributed by atoms with van der Waals surface area (Å²) in [5.74, 6) is -3.83. The van der Waals surface area contributed by atoms with E-state index in [1.165, 1.54) is 0 Å². The van der Waals surface area contributed by atoms with Gasteiger partial charge >= 0.3 is 59.1 Å². The van der Waals surface area contributed by atoms with Crippen molar-refractivity contribution in [2.75, 3.05) is 0 Å². The quantitative estimate of drug-likeness (QED) is 0.330. The van der Waals surface area contributed by atoms with E-state index in [4.69, 9.17) is 39.6 Å². The number of aliphatic carboxylic acids is 4. The van der Waals surface area contributed by atoms with Crippen LogP contribution in [0, 0.1) is 0 Å². The third kappa shape index (κ3) is 33700. The molecule has 0 saturated carbocycles. The van der Waals surface area contributed by atoms with Crippen LogP contribution in [0.2, 0.25) is 0 Å². The van der Waals surface area contributed by atoms with Gasteiger partial charge in [-0.2, -0.15) is 0 Å². The van der Waals surface area contributed by atoms with Gasteiger partial charge in [-0.05, 0) is 13.8 Å². The second kappa shape index (κ2) is 42.8. The number of carboxylic acid groups (broad SMARTS) is 4. The van der Waals surface area contributed by atoms with Crippen molar-refractivity contribution in [3.05, 3.63) is 13.2 Å². The summed E-state index contributed by atoms with van der Waals surface area (Å²) >= 11 is 0. The van der Waals surface area contributed by atoms with Gasteiger partial charge in [-0.1, -0.05) is 0 Å². The number of hydrogen-bond acceptors (Lipinski definition) is 6. The van der Waals surface area contributed by atoms with E-state index in [2.05, 4.69) is 13.2 Å². The van der Waals surface area contributed by atoms with E-state index in [-0.39, 0.29) is 59.1 Å². The summed E-state index contributed by atoms with van der Waals surface area (Å²) in [5.41, 5.74) is 0. The fraction of sp³-hybridized carbons (Fsp3) is 0.400. The molecule has 20 heavy (non-hydrogen) atoms. The van der Waals surface area contributed by atoms with E-state index in [0.717, 1.165) is 27.7 Å². The third-order valence-corrected chi connectivity index (χ3v) is 0. The van der Waals surface area contributed by atoms with Crippen LogP contribution in [0.1, 0.15) is 27.7 Å². The smallest absolute Gasteiger partial charge is 0.550 e. The number of hydrogen-bond donors (Lipinski definition) is 2. The summed E-state index contributed by atoms with van der Waals surface area (Å²) in [7, 11) is 0. The molecule has 108 valence electrons. The first-order valence-electron chi connectivity index (χ1n) is 4.17. The van der Waals surface area contributed by atoms with Gasteiger partial charge in [0, 0.05) is 25.8 Å². The molecule has 8 nitrogen and oxygen atoms in total. The van der Waals surface area contributed by atoms with Gasteiger partial charge in [-0.3, -0.25) is 9.59 Å². The molecule has 0 saturated heterocycles. The van der Waals surface area contributed by atoms with Crippen molar-refractivity contribution in [2.24, 2.45) is 0 Å². The molecule has 0 aliphatic rings. The van der Waals surface area contributed by atoms with Gasteiger partial charge in [0.05, 0.1) is 0 Å². The molecule has 0 aliphatic heterocycles. The number of rotatable bonds is 0. The summed E-state index contributed by atoms with van der Waals surface area (Å²) in [5, 5.41) is 32.6. The van der Waals surface area contributed by atoms with Crippen LogP contribution < -0.4 is 69.3 Å². The molecule has 0 unspecified atom stereocenters. The average molecular weight is 312 g/mol. The molecule has 0 aliphatic carbocycles. The zero-order chi connectivity index (χ0) is 16.3. The number of carbonyl (C=O) groups excluding carboxylic acids is 2. The molecular formula is C10H18Na2O8. The van der Waals surface area contributed by atoms with Crippen molar-refractivity contribution in [3.8, 4) is 0 Å². The topological polar surface area (TPSA) is 155 Å². The van der Waals surface area contributed by atoms with Crippen molar-refractivity contribution < 1.29 is 98.7 Å². The summed E-state index contributed by atoms with van der Waals surface area (Å²) in [6, 6.07) is 0. The van der Waals surface area contributed by atoms with Crippen molar-refractivity contribution in [3.63, 3.8) is 0 Å². The summed E-state index contributed by atoms with van der Waals surface area (Å²) in [6.45, 7) is 10.1. The Kier molecular flexibility index (Phi) is 91.4. The molecule has 0 atom stereocenters. The molecule has 0 amide bonds. The Bertz CT molecular complexity index is 179. The van der Waals surface area contributed by atoms with E-state index in [9.17, 15) is 0 Å². The normalized spacial score (nSPS) is 5.20. The Labute approximate surface area is 162 Å². The Hall–Kier alpha value is -0.380. The number of carboxylic acids is 4. The van der Waals surface area contributed by atoms with Crippen LogP contribution in [-0.4, -0.2) is 34.1 Å². The van der Waals surface area contributed by atoms with Crippen LogP contribution >= 0.6 is 0 Å². The molecule has 0 aromatic carbocycles. The minimum absolute atomic E-state index is 0. The van der Waals surface area contributed by atoms with Crippen LogP contribution in [-0.2, 0) is 19.2 Å². The Morgan fingerprint density at radius 2 is 0.700 bits per heavy atom. The standard InChI is InChI=1S/4C2H4O2.C2H4.2Na/c4*1-2(3)4;1-2;;/h4*1H3,(H,3,4);1-2H2;;/q;;;;;2*+1/p-2. The van der Waals surface area contributed by atoms with Gasteiger partial charge in [0.2, 0.25) is 0 Å². The summed E-state index contributed by atoms with van der Waals surface area (Å²) in [4.78, 5) is 35.8. The summed E-state index contributed by atoms with van der Waals surface area (Å²) in [6.07, 6.45) is 0. The third-order valence-electron chi connectivity index (χ3n) is 0. The van der Waals surface area contributed by atoms with Gasteiger partial charge in [-0.15, -0.1) is 13.2 Å². The van der Waals surface area contributed by atoms with Crippen LogP contribution in [0.3, 0.4) is 0 Å². The molecule has 0 spiro atoms. The maximum absolute atomic E-state index is 9.00. The molecular weight excluding hydrogens is 294 g/mol. The van der Waals surface area contributed by atoms with Crippen LogP contribution in [0.4, 0.5) is 0 Å². The molecule has 10 heteroatoms. The van der Waals surface area contributed by atoms with Crippen molar-refractivity contribution in [1.29, 1.82) is 0 Å². The number of carbonyl (C=O) groups is 4. The SMILES string of the molecule is C=C.CC(=O)O.CC(=O)O.CC(=O)[O-].CC(=O)[O-].[Na+].[Na+]. The van der Waals surface area contributed by atoms with Gasteiger partial charge < -0.3 is 30.0 Å². The fourth-order valence-electron chi connectivity index (χ4n) is 0. The van der Waals surface area contributed by atoms with Crippen molar-refractivity contribution in [1.82, 2.24) is 0 Å². The predicted octanol–water partition coefficient (Wildman–Crippen LogP) is -7.50. The first-order valence-corrected chi connectivity index (χ1v) is 4.17. The second-order valence-corrected chi connectivity index (χ2v) is 2.02.